The van der Waals surface area contributed by atoms with E-state index in [1.807, 2.05) is 0 Å². The largest absolute Gasteiger partial charge is 0.455 e. The van der Waals surface area contributed by atoms with Crippen LogP contribution in [0.25, 0.3) is 11.3 Å². The van der Waals surface area contributed by atoms with Gasteiger partial charge in [-0.3, -0.25) is 19.7 Å². The molecule has 30 heavy (non-hydrogen) atoms. The number of anilines is 1. The van der Waals surface area contributed by atoms with E-state index in [9.17, 15) is 19.7 Å². The summed E-state index contributed by atoms with van der Waals surface area (Å²) in [5.74, 6) is -1.19. The molecule has 0 bridgehead atoms. The SMILES string of the molecule is Cc1cc(Cl)ccc1NC(=O)C(=O)N/N=C/c1ccc(-c2cccc([N+](=O)[O-])c2)o1. The number of furan rings is 1. The lowest BCUT2D eigenvalue weighted by Gasteiger charge is -2.07. The Morgan fingerprint density at radius 2 is 1.93 bits per heavy atom. The highest BCUT2D eigenvalue weighted by Crippen LogP contribution is 2.25. The maximum Gasteiger partial charge on any atom is 0.329 e. The number of non-ortho nitro benzene ring substituents is 1. The zero-order valence-electron chi connectivity index (χ0n) is 15.6. The second-order valence-corrected chi connectivity index (χ2v) is 6.56. The number of rotatable bonds is 5. The number of nitro groups is 1. The first-order valence-corrected chi connectivity index (χ1v) is 8.96. The third kappa shape index (κ3) is 5.09. The molecule has 0 atom stereocenters. The lowest BCUT2D eigenvalue weighted by molar-refractivity contribution is -0.384. The van der Waals surface area contributed by atoms with Crippen molar-refractivity contribution in [2.45, 2.75) is 6.92 Å². The minimum absolute atomic E-state index is 0.0617. The van der Waals surface area contributed by atoms with Crippen LogP contribution in [-0.2, 0) is 9.59 Å². The fourth-order valence-corrected chi connectivity index (χ4v) is 2.73. The molecule has 0 aliphatic rings. The molecule has 152 valence electrons. The highest BCUT2D eigenvalue weighted by molar-refractivity contribution is 6.39. The molecule has 0 radical (unpaired) electrons. The van der Waals surface area contributed by atoms with Crippen LogP contribution in [0.3, 0.4) is 0 Å². The Kier molecular flexibility index (Phi) is 6.23. The molecular formula is C20H15ClN4O5. The Bertz CT molecular complexity index is 1160. The maximum atomic E-state index is 12.0. The van der Waals surface area contributed by atoms with E-state index in [0.29, 0.717) is 27.6 Å². The first-order chi connectivity index (χ1) is 14.3. The van der Waals surface area contributed by atoms with Crippen LogP contribution in [-0.4, -0.2) is 23.0 Å². The molecule has 0 saturated heterocycles. The monoisotopic (exact) mass is 426 g/mol. The molecule has 0 aliphatic carbocycles. The zero-order chi connectivity index (χ0) is 21.7. The highest BCUT2D eigenvalue weighted by atomic mass is 35.5. The minimum Gasteiger partial charge on any atom is -0.455 e. The second kappa shape index (κ2) is 9.01. The van der Waals surface area contributed by atoms with E-state index >= 15 is 0 Å². The van der Waals surface area contributed by atoms with E-state index in [-0.39, 0.29) is 11.4 Å². The number of hydrogen-bond acceptors (Lipinski definition) is 6. The normalized spacial score (nSPS) is 10.7. The molecular weight excluding hydrogens is 412 g/mol. The average Bonchev–Trinajstić information content (AvgIpc) is 3.19. The summed E-state index contributed by atoms with van der Waals surface area (Å²) in [6.45, 7) is 1.74. The van der Waals surface area contributed by atoms with Gasteiger partial charge in [0.2, 0.25) is 0 Å². The van der Waals surface area contributed by atoms with Crippen LogP contribution in [0.1, 0.15) is 11.3 Å². The van der Waals surface area contributed by atoms with E-state index in [0.717, 1.165) is 0 Å². The number of hydrazone groups is 1. The van der Waals surface area contributed by atoms with Gasteiger partial charge in [0.05, 0.1) is 11.1 Å². The van der Waals surface area contributed by atoms with Crippen molar-refractivity contribution in [2.24, 2.45) is 5.10 Å². The fraction of sp³-hybridized carbons (Fsp3) is 0.0500. The quantitative estimate of drug-likeness (QED) is 0.277. The molecule has 0 fully saturated rings. The Labute approximate surface area is 175 Å². The first-order valence-electron chi connectivity index (χ1n) is 8.58. The van der Waals surface area contributed by atoms with Gasteiger partial charge in [0.25, 0.3) is 5.69 Å². The van der Waals surface area contributed by atoms with Gasteiger partial charge in [0, 0.05) is 28.4 Å². The number of nitrogens with zero attached hydrogens (tertiary/aromatic N) is 2. The van der Waals surface area contributed by atoms with Crippen molar-refractivity contribution in [2.75, 3.05) is 5.32 Å². The van der Waals surface area contributed by atoms with E-state index < -0.39 is 16.7 Å². The van der Waals surface area contributed by atoms with Gasteiger partial charge in [-0.25, -0.2) is 5.43 Å². The van der Waals surface area contributed by atoms with Crippen molar-refractivity contribution in [3.8, 4) is 11.3 Å². The lowest BCUT2D eigenvalue weighted by Crippen LogP contribution is -2.32. The van der Waals surface area contributed by atoms with Gasteiger partial charge < -0.3 is 9.73 Å². The molecule has 2 amide bonds. The smallest absolute Gasteiger partial charge is 0.329 e. The summed E-state index contributed by atoms with van der Waals surface area (Å²) in [7, 11) is 0. The van der Waals surface area contributed by atoms with Gasteiger partial charge in [0.1, 0.15) is 11.5 Å². The topological polar surface area (TPSA) is 127 Å². The number of halogens is 1. The number of carbonyl (C=O) groups is 2. The van der Waals surface area contributed by atoms with E-state index in [4.69, 9.17) is 16.0 Å². The maximum absolute atomic E-state index is 12.0. The summed E-state index contributed by atoms with van der Waals surface area (Å²) in [6, 6.07) is 14.0. The zero-order valence-corrected chi connectivity index (χ0v) is 16.3. The molecule has 2 aromatic carbocycles. The number of nitro benzene ring substituents is 1. The summed E-state index contributed by atoms with van der Waals surface area (Å²) >= 11 is 5.86. The summed E-state index contributed by atoms with van der Waals surface area (Å²) < 4.78 is 5.53. The number of amides is 2. The van der Waals surface area contributed by atoms with Crippen molar-refractivity contribution in [1.29, 1.82) is 0 Å². The molecule has 3 rings (SSSR count). The third-order valence-electron chi connectivity index (χ3n) is 3.97. The molecule has 1 heterocycles. The van der Waals surface area contributed by atoms with Crippen LogP contribution in [0.5, 0.6) is 0 Å². The summed E-state index contributed by atoms with van der Waals surface area (Å²) in [4.78, 5) is 34.2. The van der Waals surface area contributed by atoms with Gasteiger partial charge in [-0.05, 0) is 42.8 Å². The van der Waals surface area contributed by atoms with Crippen LogP contribution in [0.2, 0.25) is 5.02 Å². The van der Waals surface area contributed by atoms with Gasteiger partial charge in [-0.1, -0.05) is 23.7 Å². The van der Waals surface area contributed by atoms with E-state index in [2.05, 4.69) is 15.8 Å². The number of benzene rings is 2. The number of aryl methyl sites for hydroxylation is 1. The van der Waals surface area contributed by atoms with Crippen LogP contribution in [0, 0.1) is 17.0 Å². The Hall–Kier alpha value is -3.98. The third-order valence-corrected chi connectivity index (χ3v) is 4.20. The fourth-order valence-electron chi connectivity index (χ4n) is 2.50. The van der Waals surface area contributed by atoms with Gasteiger partial charge in [-0.2, -0.15) is 5.10 Å². The van der Waals surface area contributed by atoms with Crippen LogP contribution in [0.15, 0.2) is 64.1 Å². The highest BCUT2D eigenvalue weighted by Gasteiger charge is 2.14. The molecule has 10 heteroatoms. The lowest BCUT2D eigenvalue weighted by atomic mass is 10.1. The Morgan fingerprint density at radius 3 is 2.67 bits per heavy atom. The molecule has 3 aromatic rings. The predicted molar refractivity (Wildman–Crippen MR) is 111 cm³/mol. The van der Waals surface area contributed by atoms with Crippen molar-refractivity contribution >= 4 is 41.0 Å². The minimum atomic E-state index is -0.967. The standard InChI is InChI=1S/C20H15ClN4O5/c1-12-9-14(21)5-7-17(12)23-19(26)20(27)24-22-11-16-6-8-18(30-16)13-3-2-4-15(10-13)25(28)29/h2-11H,1H3,(H,23,26)(H,24,27)/b22-11+. The molecule has 0 spiro atoms. The molecule has 1 aromatic heterocycles. The summed E-state index contributed by atoms with van der Waals surface area (Å²) in [6.07, 6.45) is 1.21. The first kappa shape index (κ1) is 20.7. The van der Waals surface area contributed by atoms with E-state index in [1.54, 1.807) is 49.4 Å². The van der Waals surface area contributed by atoms with Crippen molar-refractivity contribution in [3.63, 3.8) is 0 Å². The Morgan fingerprint density at radius 1 is 1.13 bits per heavy atom. The predicted octanol–water partition coefficient (Wildman–Crippen LogP) is 3.91. The molecule has 0 saturated carbocycles. The Balaban J connectivity index is 1.60. The van der Waals surface area contributed by atoms with E-state index in [1.165, 1.54) is 18.3 Å². The summed E-state index contributed by atoms with van der Waals surface area (Å²) in [5, 5.41) is 17.5. The molecule has 9 nitrogen and oxygen atoms in total. The van der Waals surface area contributed by atoms with Crippen molar-refractivity contribution in [3.05, 3.63) is 81.1 Å². The summed E-state index contributed by atoms with van der Waals surface area (Å²) in [5.41, 5.74) is 3.72. The van der Waals surface area contributed by atoms with Crippen LogP contribution < -0.4 is 10.7 Å². The van der Waals surface area contributed by atoms with Crippen LogP contribution >= 0.6 is 11.6 Å². The molecule has 0 aliphatic heterocycles. The van der Waals surface area contributed by atoms with Gasteiger partial charge >= 0.3 is 11.8 Å². The molecule has 2 N–H and O–H groups in total. The van der Waals surface area contributed by atoms with Gasteiger partial charge in [-0.15, -0.1) is 0 Å². The second-order valence-electron chi connectivity index (χ2n) is 6.12. The molecule has 0 unspecified atom stereocenters. The number of nitrogens with one attached hydrogen (secondary N) is 2. The van der Waals surface area contributed by atoms with Gasteiger partial charge in [0.15, 0.2) is 0 Å². The number of carbonyl (C=O) groups excluding carboxylic acids is 2. The van der Waals surface area contributed by atoms with Crippen molar-refractivity contribution in [1.82, 2.24) is 5.43 Å². The average molecular weight is 427 g/mol. The van der Waals surface area contributed by atoms with Crippen LogP contribution in [0.4, 0.5) is 11.4 Å². The van der Waals surface area contributed by atoms with Crippen molar-refractivity contribution < 1.29 is 18.9 Å². The number of hydrogen-bond donors (Lipinski definition) is 2.